The highest BCUT2D eigenvalue weighted by atomic mass is 16.6. The lowest BCUT2D eigenvalue weighted by Crippen LogP contribution is -2.33. The molecule has 0 aliphatic carbocycles. The van der Waals surface area contributed by atoms with Crippen molar-refractivity contribution in [1.29, 1.82) is 0 Å². The molecule has 2 aromatic rings. The Labute approximate surface area is 119 Å². The van der Waals surface area contributed by atoms with Crippen molar-refractivity contribution >= 4 is 22.9 Å². The van der Waals surface area contributed by atoms with Gasteiger partial charge in [0.05, 0.1) is 6.61 Å². The number of aliphatic hydroxyl groups excluding tert-OH is 3. The van der Waals surface area contributed by atoms with Gasteiger partial charge in [-0.25, -0.2) is 15.0 Å². The van der Waals surface area contributed by atoms with E-state index in [-0.39, 0.29) is 5.82 Å². The van der Waals surface area contributed by atoms with Gasteiger partial charge in [0.2, 0.25) is 5.95 Å². The highest BCUT2D eigenvalue weighted by Crippen LogP contribution is 2.34. The van der Waals surface area contributed by atoms with Crippen molar-refractivity contribution in [3.63, 3.8) is 0 Å². The number of nitrogen functional groups attached to an aromatic ring is 1. The molecule has 3 rings (SSSR count). The van der Waals surface area contributed by atoms with Crippen molar-refractivity contribution in [2.45, 2.75) is 24.5 Å². The summed E-state index contributed by atoms with van der Waals surface area (Å²) in [5, 5.41) is 32.0. The number of nitrogens with two attached hydrogens (primary N) is 1. The van der Waals surface area contributed by atoms with Crippen LogP contribution in [0.2, 0.25) is 0 Å². The predicted octanol–water partition coefficient (Wildman–Crippen LogP) is -1.94. The minimum Gasteiger partial charge on any atom is -0.394 e. The topological polar surface area (TPSA) is 152 Å². The summed E-state index contributed by atoms with van der Waals surface area (Å²) in [7, 11) is 1.64. The zero-order chi connectivity index (χ0) is 15.1. The first-order valence-electron chi connectivity index (χ1n) is 6.37. The zero-order valence-corrected chi connectivity index (χ0v) is 11.2. The molecule has 0 spiro atoms. The molecule has 10 heteroatoms. The van der Waals surface area contributed by atoms with Gasteiger partial charge >= 0.3 is 0 Å². The Bertz CT molecular complexity index is 661. The summed E-state index contributed by atoms with van der Waals surface area (Å²) < 4.78 is 6.98. The van der Waals surface area contributed by atoms with E-state index < -0.39 is 31.1 Å². The smallest absolute Gasteiger partial charge is 0.207 e. The summed E-state index contributed by atoms with van der Waals surface area (Å²) in [6, 6.07) is 0. The van der Waals surface area contributed by atoms with E-state index in [0.29, 0.717) is 17.1 Å². The lowest BCUT2D eigenvalue weighted by molar-refractivity contribution is -0.0501. The molecule has 1 saturated heterocycles. The summed E-state index contributed by atoms with van der Waals surface area (Å²) in [4.78, 5) is 12.2. The van der Waals surface area contributed by atoms with E-state index in [4.69, 9.17) is 10.5 Å². The Hall–Kier alpha value is -2.01. The van der Waals surface area contributed by atoms with Gasteiger partial charge in [0.1, 0.15) is 24.6 Å². The van der Waals surface area contributed by atoms with Crippen molar-refractivity contribution in [3.05, 3.63) is 6.33 Å². The van der Waals surface area contributed by atoms with Gasteiger partial charge in [0, 0.05) is 7.05 Å². The summed E-state index contributed by atoms with van der Waals surface area (Å²) in [5.74, 6) is 0.550. The number of imidazole rings is 1. The van der Waals surface area contributed by atoms with E-state index in [9.17, 15) is 15.3 Å². The van der Waals surface area contributed by atoms with Crippen LogP contribution < -0.4 is 11.1 Å². The molecule has 1 aliphatic rings. The van der Waals surface area contributed by atoms with Crippen LogP contribution in [0.3, 0.4) is 0 Å². The molecule has 21 heavy (non-hydrogen) atoms. The van der Waals surface area contributed by atoms with E-state index in [0.717, 1.165) is 0 Å². The van der Waals surface area contributed by atoms with E-state index >= 15 is 0 Å². The molecular formula is C11H16N6O4. The van der Waals surface area contributed by atoms with Crippen molar-refractivity contribution < 1.29 is 20.1 Å². The number of hydrogen-bond acceptors (Lipinski definition) is 9. The molecule has 0 saturated carbocycles. The van der Waals surface area contributed by atoms with Crippen LogP contribution >= 0.6 is 0 Å². The maximum atomic E-state index is 10.1. The van der Waals surface area contributed by atoms with Crippen LogP contribution in [0.15, 0.2) is 6.33 Å². The third-order valence-corrected chi connectivity index (χ3v) is 3.50. The van der Waals surface area contributed by atoms with Crippen LogP contribution in [0.1, 0.15) is 6.23 Å². The molecule has 10 nitrogen and oxygen atoms in total. The summed E-state index contributed by atoms with van der Waals surface area (Å²) in [6.45, 7) is -0.409. The normalized spacial score (nSPS) is 29.1. The molecule has 0 amide bonds. The van der Waals surface area contributed by atoms with Gasteiger partial charge in [-0.2, -0.15) is 0 Å². The van der Waals surface area contributed by atoms with E-state index in [1.54, 1.807) is 7.05 Å². The molecule has 1 aliphatic heterocycles. The van der Waals surface area contributed by atoms with Crippen LogP contribution in [0, 0.1) is 0 Å². The second kappa shape index (κ2) is 5.07. The predicted molar refractivity (Wildman–Crippen MR) is 72.3 cm³/mol. The molecule has 4 atom stereocenters. The molecule has 114 valence electrons. The molecular weight excluding hydrogens is 280 g/mol. The summed E-state index contributed by atoms with van der Waals surface area (Å²) in [6.07, 6.45) is -2.99. The lowest BCUT2D eigenvalue weighted by atomic mass is 10.1. The van der Waals surface area contributed by atoms with Crippen LogP contribution in [0.4, 0.5) is 11.8 Å². The third kappa shape index (κ3) is 2.00. The summed E-state index contributed by atoms with van der Waals surface area (Å²) >= 11 is 0. The first-order valence-corrected chi connectivity index (χ1v) is 6.37. The number of ether oxygens (including phenoxy) is 1. The molecule has 0 bridgehead atoms. The molecule has 0 unspecified atom stereocenters. The number of nitrogens with zero attached hydrogens (tertiary/aromatic N) is 4. The molecule has 2 aromatic heterocycles. The molecule has 6 N–H and O–H groups in total. The Morgan fingerprint density at radius 2 is 2.14 bits per heavy atom. The Morgan fingerprint density at radius 1 is 1.38 bits per heavy atom. The van der Waals surface area contributed by atoms with E-state index in [1.165, 1.54) is 10.9 Å². The minimum absolute atomic E-state index is 0.196. The molecule has 3 heterocycles. The van der Waals surface area contributed by atoms with Crippen LogP contribution in [-0.2, 0) is 4.74 Å². The van der Waals surface area contributed by atoms with Gasteiger partial charge in [-0.05, 0) is 0 Å². The number of hydrogen-bond donors (Lipinski definition) is 5. The molecule has 0 aromatic carbocycles. The van der Waals surface area contributed by atoms with E-state index in [2.05, 4.69) is 20.3 Å². The Balaban J connectivity index is 2.14. The highest BCUT2D eigenvalue weighted by Gasteiger charge is 2.44. The quantitative estimate of drug-likeness (QED) is 0.435. The Kier molecular flexibility index (Phi) is 3.37. The number of anilines is 2. The fraction of sp³-hybridized carbons (Fsp3) is 0.545. The van der Waals surface area contributed by atoms with Gasteiger partial charge in [0.15, 0.2) is 23.2 Å². The number of aliphatic hydroxyl groups is 3. The van der Waals surface area contributed by atoms with Gasteiger partial charge in [-0.15, -0.1) is 0 Å². The van der Waals surface area contributed by atoms with Crippen molar-refractivity contribution in [1.82, 2.24) is 19.5 Å². The maximum absolute atomic E-state index is 10.1. The number of fused-ring (bicyclic) bond motifs is 1. The average Bonchev–Trinajstić information content (AvgIpc) is 2.99. The van der Waals surface area contributed by atoms with E-state index in [1.807, 2.05) is 0 Å². The van der Waals surface area contributed by atoms with Gasteiger partial charge in [0.25, 0.3) is 0 Å². The maximum Gasteiger partial charge on any atom is 0.207 e. The van der Waals surface area contributed by atoms with Crippen molar-refractivity contribution in [2.75, 3.05) is 24.7 Å². The first-order chi connectivity index (χ1) is 10.1. The minimum atomic E-state index is -1.23. The highest BCUT2D eigenvalue weighted by molar-refractivity contribution is 5.84. The van der Waals surface area contributed by atoms with Crippen LogP contribution in [0.25, 0.3) is 11.2 Å². The lowest BCUT2D eigenvalue weighted by Gasteiger charge is -2.18. The largest absolute Gasteiger partial charge is 0.394 e. The van der Waals surface area contributed by atoms with Crippen molar-refractivity contribution in [3.8, 4) is 0 Å². The zero-order valence-electron chi connectivity index (χ0n) is 11.2. The number of nitrogens with one attached hydrogen (secondary N) is 1. The number of aromatic nitrogens is 4. The molecule has 0 radical (unpaired) electrons. The fourth-order valence-corrected chi connectivity index (χ4v) is 2.44. The SMILES string of the molecule is CNc1nc2c(N)ncnc2n1[C@@H]1O[C@H](CO)[C@H](O)[C@H]1O. The second-order valence-electron chi connectivity index (χ2n) is 4.72. The summed E-state index contributed by atoms with van der Waals surface area (Å²) in [5.41, 5.74) is 6.48. The van der Waals surface area contributed by atoms with Gasteiger partial charge < -0.3 is 31.1 Å². The van der Waals surface area contributed by atoms with Crippen LogP contribution in [-0.4, -0.2) is 66.8 Å². The average molecular weight is 296 g/mol. The Morgan fingerprint density at radius 3 is 2.76 bits per heavy atom. The standard InChI is InChI=1S/C11H16N6O4/c1-13-11-16-5-8(12)14-3-15-9(5)17(11)10-7(20)6(19)4(2-18)21-10/h3-4,6-7,10,18-20H,2H2,1H3,(H,13,16)(H2,12,14,15)/t4-,6+,7-,10-/m1/s1. The second-order valence-corrected chi connectivity index (χ2v) is 4.72. The third-order valence-electron chi connectivity index (χ3n) is 3.50. The fourth-order valence-electron chi connectivity index (χ4n) is 2.44. The first kappa shape index (κ1) is 13.9. The van der Waals surface area contributed by atoms with Crippen LogP contribution in [0.5, 0.6) is 0 Å². The van der Waals surface area contributed by atoms with Gasteiger partial charge in [-0.1, -0.05) is 0 Å². The number of rotatable bonds is 3. The van der Waals surface area contributed by atoms with Crippen molar-refractivity contribution in [2.24, 2.45) is 0 Å². The molecule has 1 fully saturated rings. The monoisotopic (exact) mass is 296 g/mol. The van der Waals surface area contributed by atoms with Gasteiger partial charge in [-0.3, -0.25) is 4.57 Å².